The minimum Gasteiger partial charge on any atom is -0.487 e. The Morgan fingerprint density at radius 2 is 2.06 bits per heavy atom. The molecular weight excluding hydrogens is 571 g/mol. The fraction of sp³-hybridized carbons (Fsp3) is 0.231. The summed E-state index contributed by atoms with van der Waals surface area (Å²) in [6, 6.07) is 11.7. The predicted octanol–water partition coefficient (Wildman–Crippen LogP) is 5.01. The average molecular weight is 598 g/mol. The van der Waals surface area contributed by atoms with E-state index in [9.17, 15) is 5.11 Å². The van der Waals surface area contributed by atoms with E-state index in [1.54, 1.807) is 13.0 Å². The molecule has 0 aliphatic carbocycles. The van der Waals surface area contributed by atoms with Crippen LogP contribution < -0.4 is 15.4 Å². The van der Waals surface area contributed by atoms with Gasteiger partial charge in [-0.05, 0) is 49.4 Å². The Labute approximate surface area is 223 Å². The molecule has 0 amide bonds. The van der Waals surface area contributed by atoms with E-state index in [2.05, 4.69) is 66.3 Å². The largest absolute Gasteiger partial charge is 0.487 e. The monoisotopic (exact) mass is 598 g/mol. The number of ether oxygens (including phenoxy) is 2. The number of fused-ring (bicyclic) bond motifs is 1. The van der Waals surface area contributed by atoms with E-state index in [-0.39, 0.29) is 6.04 Å². The topological polar surface area (TPSA) is 113 Å². The van der Waals surface area contributed by atoms with E-state index < -0.39 is 6.10 Å². The van der Waals surface area contributed by atoms with Crippen molar-refractivity contribution in [3.63, 3.8) is 0 Å². The SMILES string of the molecule is C=C/N=C(\C=C)COc1ccc(Nc2ncnc3ccc(NC4=NC([C@@H](C)O)CO4)cc23)cc1CI. The van der Waals surface area contributed by atoms with Crippen LogP contribution in [0.5, 0.6) is 5.75 Å². The summed E-state index contributed by atoms with van der Waals surface area (Å²) in [5.74, 6) is 1.44. The van der Waals surface area contributed by atoms with Gasteiger partial charge in [0.1, 0.15) is 37.2 Å². The predicted molar refractivity (Wildman–Crippen MR) is 153 cm³/mol. The molecule has 0 radical (unpaired) electrons. The molecule has 1 aromatic heterocycles. The van der Waals surface area contributed by atoms with E-state index in [4.69, 9.17) is 9.47 Å². The van der Waals surface area contributed by atoms with Crippen molar-refractivity contribution in [3.05, 3.63) is 73.7 Å². The summed E-state index contributed by atoms with van der Waals surface area (Å²) in [7, 11) is 0. The molecule has 3 N–H and O–H groups in total. The second kappa shape index (κ2) is 12.0. The summed E-state index contributed by atoms with van der Waals surface area (Å²) in [5.41, 5.74) is 4.19. The Kier molecular flexibility index (Phi) is 8.49. The van der Waals surface area contributed by atoms with Gasteiger partial charge in [0, 0.05) is 33.0 Å². The Balaban J connectivity index is 1.54. The summed E-state index contributed by atoms with van der Waals surface area (Å²) in [6.07, 6.45) is 4.09. The minimum atomic E-state index is -0.571. The number of rotatable bonds is 10. The minimum absolute atomic E-state index is 0.273. The average Bonchev–Trinajstić information content (AvgIpc) is 3.36. The van der Waals surface area contributed by atoms with E-state index in [0.717, 1.165) is 38.0 Å². The summed E-state index contributed by atoms with van der Waals surface area (Å²) in [4.78, 5) is 17.4. The van der Waals surface area contributed by atoms with Crippen LogP contribution in [0.4, 0.5) is 17.2 Å². The van der Waals surface area contributed by atoms with Crippen LogP contribution >= 0.6 is 22.6 Å². The van der Waals surface area contributed by atoms with E-state index in [1.807, 2.05) is 36.4 Å². The van der Waals surface area contributed by atoms with Gasteiger partial charge < -0.3 is 25.2 Å². The van der Waals surface area contributed by atoms with Gasteiger partial charge in [-0.25, -0.2) is 15.0 Å². The van der Waals surface area contributed by atoms with Crippen molar-refractivity contribution in [2.75, 3.05) is 23.8 Å². The van der Waals surface area contributed by atoms with E-state index in [1.165, 1.54) is 12.5 Å². The van der Waals surface area contributed by atoms with Gasteiger partial charge in [0.15, 0.2) is 0 Å². The quantitative estimate of drug-likeness (QED) is 0.171. The molecule has 186 valence electrons. The number of benzene rings is 2. The highest BCUT2D eigenvalue weighted by Crippen LogP contribution is 2.30. The third kappa shape index (κ3) is 6.18. The number of aliphatic hydroxyl groups is 1. The molecule has 1 aliphatic rings. The molecule has 0 saturated carbocycles. The molecule has 0 spiro atoms. The van der Waals surface area contributed by atoms with Gasteiger partial charge in [0.2, 0.25) is 0 Å². The highest BCUT2D eigenvalue weighted by Gasteiger charge is 2.23. The smallest absolute Gasteiger partial charge is 0.289 e. The van der Waals surface area contributed by atoms with Crippen LogP contribution in [0.15, 0.2) is 78.1 Å². The first-order valence-electron chi connectivity index (χ1n) is 11.3. The number of hydrogen-bond donors (Lipinski definition) is 3. The third-order valence-electron chi connectivity index (χ3n) is 5.45. The maximum Gasteiger partial charge on any atom is 0.289 e. The molecule has 3 aromatic rings. The fourth-order valence-electron chi connectivity index (χ4n) is 3.52. The maximum absolute atomic E-state index is 9.73. The van der Waals surface area contributed by atoms with Gasteiger partial charge in [0.05, 0.1) is 17.3 Å². The fourth-order valence-corrected chi connectivity index (χ4v) is 4.12. The van der Waals surface area contributed by atoms with Crippen molar-refractivity contribution >= 4 is 62.4 Å². The summed E-state index contributed by atoms with van der Waals surface area (Å²) >= 11 is 2.31. The lowest BCUT2D eigenvalue weighted by atomic mass is 10.1. The molecule has 1 aliphatic heterocycles. The van der Waals surface area contributed by atoms with E-state index >= 15 is 0 Å². The van der Waals surface area contributed by atoms with Crippen LogP contribution in [-0.2, 0) is 9.16 Å². The first-order valence-corrected chi connectivity index (χ1v) is 12.8. The van der Waals surface area contributed by atoms with Gasteiger partial charge in [-0.3, -0.25) is 4.99 Å². The number of anilines is 3. The number of aliphatic imine (C=N–C) groups is 2. The first kappa shape index (κ1) is 25.6. The summed E-state index contributed by atoms with van der Waals surface area (Å²) in [5, 5.41) is 17.1. The first-order chi connectivity index (χ1) is 17.5. The van der Waals surface area contributed by atoms with Crippen LogP contribution in [0.3, 0.4) is 0 Å². The number of aliphatic hydroxyl groups excluding tert-OH is 1. The second-order valence-electron chi connectivity index (χ2n) is 8.01. The lowest BCUT2D eigenvalue weighted by molar-refractivity contribution is 0.145. The van der Waals surface area contributed by atoms with Crippen LogP contribution in [0.25, 0.3) is 10.9 Å². The van der Waals surface area contributed by atoms with Gasteiger partial charge in [-0.1, -0.05) is 35.7 Å². The van der Waals surface area contributed by atoms with E-state index in [0.29, 0.717) is 30.8 Å². The van der Waals surface area contributed by atoms with Gasteiger partial charge in [-0.15, -0.1) is 0 Å². The van der Waals surface area contributed by atoms with Crippen LogP contribution in [0.2, 0.25) is 0 Å². The zero-order valence-electron chi connectivity index (χ0n) is 19.8. The molecule has 0 bridgehead atoms. The Morgan fingerprint density at radius 3 is 2.78 bits per heavy atom. The zero-order valence-corrected chi connectivity index (χ0v) is 22.0. The third-order valence-corrected chi connectivity index (χ3v) is 6.27. The number of alkyl halides is 1. The molecule has 10 heteroatoms. The van der Waals surface area contributed by atoms with Crippen molar-refractivity contribution in [2.45, 2.75) is 23.5 Å². The van der Waals surface area contributed by atoms with Crippen LogP contribution in [0.1, 0.15) is 12.5 Å². The second-order valence-corrected chi connectivity index (χ2v) is 8.77. The normalized spacial score (nSPS) is 16.1. The Morgan fingerprint density at radius 1 is 1.25 bits per heavy atom. The Hall–Kier alpha value is -3.51. The molecule has 9 nitrogen and oxygen atoms in total. The van der Waals surface area contributed by atoms with Crippen molar-refractivity contribution in [1.82, 2.24) is 9.97 Å². The number of hydrogen-bond acceptors (Lipinski definition) is 9. The van der Waals surface area contributed by atoms with Crippen molar-refractivity contribution in [2.24, 2.45) is 9.98 Å². The number of halogens is 1. The van der Waals surface area contributed by atoms with Crippen LogP contribution in [0, 0.1) is 0 Å². The molecule has 4 rings (SSSR count). The van der Waals surface area contributed by atoms with Gasteiger partial charge in [0.25, 0.3) is 6.02 Å². The lowest BCUT2D eigenvalue weighted by Crippen LogP contribution is -2.21. The van der Waals surface area contributed by atoms with Crippen LogP contribution in [-0.4, -0.2) is 52.2 Å². The Bertz CT molecular complexity index is 1320. The molecule has 2 aromatic carbocycles. The number of nitrogens with one attached hydrogen (secondary N) is 2. The molecule has 0 fully saturated rings. The number of nitrogens with zero attached hydrogens (tertiary/aromatic N) is 4. The zero-order chi connectivity index (χ0) is 25.5. The van der Waals surface area contributed by atoms with Crippen molar-refractivity contribution < 1.29 is 14.6 Å². The molecule has 1 unspecified atom stereocenters. The van der Waals surface area contributed by atoms with Gasteiger partial charge in [-0.2, -0.15) is 0 Å². The summed E-state index contributed by atoms with van der Waals surface area (Å²) in [6.45, 7) is 9.72. The summed E-state index contributed by atoms with van der Waals surface area (Å²) < 4.78 is 12.3. The van der Waals surface area contributed by atoms with Crippen molar-refractivity contribution in [1.29, 1.82) is 0 Å². The molecule has 36 heavy (non-hydrogen) atoms. The maximum atomic E-state index is 9.73. The molecular formula is C26H27IN6O3. The number of aromatic nitrogens is 2. The molecule has 2 heterocycles. The van der Waals surface area contributed by atoms with Crippen molar-refractivity contribution in [3.8, 4) is 5.75 Å². The standard InChI is InChI=1S/C26H27IN6O3/c1-4-18(28-5-2)13-35-24-9-7-19(10-17(24)12-27)31-25-21-11-20(6-8-22(21)29-15-30-25)32-26-33-23(14-36-26)16(3)34/h4-11,15-16,23,34H,1-2,12-14H2,3H3,(H,32,33)(H,29,30,31)/b28-18+/t16-,23?/m1/s1. The molecule has 0 saturated heterocycles. The highest BCUT2D eigenvalue weighted by molar-refractivity contribution is 14.1. The lowest BCUT2D eigenvalue weighted by Gasteiger charge is -2.14. The number of amidine groups is 1. The highest BCUT2D eigenvalue weighted by atomic mass is 127. The molecule has 2 atom stereocenters. The van der Waals surface area contributed by atoms with Gasteiger partial charge >= 0.3 is 0 Å².